The van der Waals surface area contributed by atoms with Crippen LogP contribution < -0.4 is 0 Å². The van der Waals surface area contributed by atoms with E-state index in [-0.39, 0.29) is 29.4 Å². The molecule has 0 atom stereocenters. The monoisotopic (exact) mass is 188 g/mol. The molecule has 14 heavy (non-hydrogen) atoms. The van der Waals surface area contributed by atoms with E-state index in [1.165, 1.54) is 19.1 Å². The topological polar surface area (TPSA) is 70.8 Å². The van der Waals surface area contributed by atoms with Crippen LogP contribution in [0.25, 0.3) is 0 Å². The predicted molar refractivity (Wildman–Crippen MR) is 48.6 cm³/mol. The van der Waals surface area contributed by atoms with Gasteiger partial charge in [-0.2, -0.15) is 5.26 Å². The molecule has 0 fully saturated rings. The van der Waals surface area contributed by atoms with Gasteiger partial charge >= 0.3 is 0 Å². The zero-order valence-electron chi connectivity index (χ0n) is 7.65. The van der Waals surface area contributed by atoms with Gasteiger partial charge in [-0.1, -0.05) is 6.07 Å². The van der Waals surface area contributed by atoms with Crippen LogP contribution >= 0.6 is 0 Å². The summed E-state index contributed by atoms with van der Waals surface area (Å²) >= 11 is 0. The summed E-state index contributed by atoms with van der Waals surface area (Å²) in [6.45, 7) is 1.34. The highest BCUT2D eigenvalue weighted by Gasteiger charge is 2.10. The van der Waals surface area contributed by atoms with E-state index in [2.05, 4.69) is 4.98 Å². The maximum absolute atomic E-state index is 11.3. The van der Waals surface area contributed by atoms with Crippen LogP contribution in [0.5, 0.6) is 0 Å². The molecule has 0 unspecified atom stereocenters. The van der Waals surface area contributed by atoms with Gasteiger partial charge in [0.15, 0.2) is 5.78 Å². The number of carbonyl (C=O) groups is 2. The van der Waals surface area contributed by atoms with E-state index < -0.39 is 0 Å². The maximum Gasteiger partial charge on any atom is 0.188 e. The van der Waals surface area contributed by atoms with Gasteiger partial charge in [0, 0.05) is 0 Å². The molecule has 0 radical (unpaired) electrons. The Labute approximate surface area is 81.2 Å². The first-order valence-corrected chi connectivity index (χ1v) is 4.03. The molecule has 0 aliphatic carbocycles. The lowest BCUT2D eigenvalue weighted by Gasteiger charge is -1.96. The van der Waals surface area contributed by atoms with Gasteiger partial charge in [-0.25, -0.2) is 4.98 Å². The minimum absolute atomic E-state index is 0.165. The standard InChI is InChI=1S/C10H8N2O2/c1-7(13)5-10(14)9-4-2-3-8(6-11)12-9/h2-4H,5H2,1H3. The summed E-state index contributed by atoms with van der Waals surface area (Å²) in [6.07, 6.45) is -0.165. The van der Waals surface area contributed by atoms with E-state index in [1.807, 2.05) is 6.07 Å². The summed E-state index contributed by atoms with van der Waals surface area (Å²) in [4.78, 5) is 25.8. The second kappa shape index (κ2) is 4.28. The zero-order valence-corrected chi connectivity index (χ0v) is 7.65. The average molecular weight is 188 g/mol. The number of carbonyl (C=O) groups excluding carboxylic acids is 2. The number of pyridine rings is 1. The predicted octanol–water partition coefficient (Wildman–Crippen LogP) is 1.12. The van der Waals surface area contributed by atoms with Gasteiger partial charge in [0.1, 0.15) is 23.2 Å². The number of aromatic nitrogens is 1. The molecule has 0 aliphatic rings. The summed E-state index contributed by atoms with van der Waals surface area (Å²) in [5, 5.41) is 8.53. The van der Waals surface area contributed by atoms with Crippen molar-refractivity contribution in [3.05, 3.63) is 29.6 Å². The second-order valence-corrected chi connectivity index (χ2v) is 2.82. The minimum Gasteiger partial charge on any atom is -0.300 e. The lowest BCUT2D eigenvalue weighted by atomic mass is 10.1. The quantitative estimate of drug-likeness (QED) is 0.526. The Morgan fingerprint density at radius 1 is 1.50 bits per heavy atom. The van der Waals surface area contributed by atoms with Crippen LogP contribution in [0.1, 0.15) is 29.5 Å². The number of ketones is 2. The fourth-order valence-electron chi connectivity index (χ4n) is 0.969. The molecule has 0 saturated carbocycles. The van der Waals surface area contributed by atoms with E-state index >= 15 is 0 Å². The van der Waals surface area contributed by atoms with Crippen LogP contribution in [0.15, 0.2) is 18.2 Å². The molecule has 70 valence electrons. The number of hydrogen-bond acceptors (Lipinski definition) is 4. The van der Waals surface area contributed by atoms with Crippen LogP contribution in [0.2, 0.25) is 0 Å². The zero-order chi connectivity index (χ0) is 10.6. The maximum atomic E-state index is 11.3. The third kappa shape index (κ3) is 2.49. The van der Waals surface area contributed by atoms with Crippen LogP contribution in [0.3, 0.4) is 0 Å². The minimum atomic E-state index is -0.352. The Balaban J connectivity index is 2.91. The fraction of sp³-hybridized carbons (Fsp3) is 0.200. The molecule has 4 nitrogen and oxygen atoms in total. The van der Waals surface area contributed by atoms with Gasteiger partial charge in [-0.3, -0.25) is 9.59 Å². The van der Waals surface area contributed by atoms with E-state index in [1.54, 1.807) is 6.07 Å². The lowest BCUT2D eigenvalue weighted by Crippen LogP contribution is -2.07. The first-order chi connectivity index (χ1) is 6.63. The Kier molecular flexibility index (Phi) is 3.08. The number of nitriles is 1. The lowest BCUT2D eigenvalue weighted by molar-refractivity contribution is -0.116. The van der Waals surface area contributed by atoms with E-state index in [0.29, 0.717) is 0 Å². The van der Waals surface area contributed by atoms with Crippen molar-refractivity contribution in [2.75, 3.05) is 0 Å². The van der Waals surface area contributed by atoms with Gasteiger partial charge < -0.3 is 0 Å². The van der Waals surface area contributed by atoms with Crippen molar-refractivity contribution in [3.8, 4) is 6.07 Å². The van der Waals surface area contributed by atoms with Gasteiger partial charge in [-0.15, -0.1) is 0 Å². The number of Topliss-reactive ketones (excluding diaryl/α,β-unsaturated/α-hetero) is 2. The average Bonchev–Trinajstić information content (AvgIpc) is 2.17. The van der Waals surface area contributed by atoms with Crippen LogP contribution in [-0.2, 0) is 4.79 Å². The van der Waals surface area contributed by atoms with Crippen LogP contribution in [0, 0.1) is 11.3 Å². The fourth-order valence-corrected chi connectivity index (χ4v) is 0.969. The smallest absolute Gasteiger partial charge is 0.188 e. The largest absolute Gasteiger partial charge is 0.300 e. The molecule has 0 saturated heterocycles. The van der Waals surface area contributed by atoms with Crippen LogP contribution in [-0.4, -0.2) is 16.6 Å². The Hall–Kier alpha value is -2.02. The third-order valence-corrected chi connectivity index (χ3v) is 1.56. The van der Waals surface area contributed by atoms with Crippen molar-refractivity contribution in [1.82, 2.24) is 4.98 Å². The Morgan fingerprint density at radius 3 is 2.79 bits per heavy atom. The molecular weight excluding hydrogens is 180 g/mol. The Morgan fingerprint density at radius 2 is 2.21 bits per heavy atom. The SMILES string of the molecule is CC(=O)CC(=O)c1cccc(C#N)n1. The van der Waals surface area contributed by atoms with Crippen molar-refractivity contribution >= 4 is 11.6 Å². The number of nitrogens with zero attached hydrogens (tertiary/aromatic N) is 2. The summed E-state index contributed by atoms with van der Waals surface area (Å²) < 4.78 is 0. The van der Waals surface area contributed by atoms with Crippen molar-refractivity contribution in [2.45, 2.75) is 13.3 Å². The molecule has 0 N–H and O–H groups in total. The molecular formula is C10H8N2O2. The highest BCUT2D eigenvalue weighted by atomic mass is 16.1. The molecule has 1 aromatic rings. The first kappa shape index (κ1) is 10.1. The van der Waals surface area contributed by atoms with Gasteiger partial charge in [-0.05, 0) is 19.1 Å². The second-order valence-electron chi connectivity index (χ2n) is 2.82. The van der Waals surface area contributed by atoms with Gasteiger partial charge in [0.25, 0.3) is 0 Å². The molecule has 1 heterocycles. The van der Waals surface area contributed by atoms with Crippen molar-refractivity contribution < 1.29 is 9.59 Å². The number of rotatable bonds is 3. The molecule has 0 aliphatic heterocycles. The molecule has 1 aromatic heterocycles. The molecule has 0 spiro atoms. The van der Waals surface area contributed by atoms with E-state index in [4.69, 9.17) is 5.26 Å². The molecule has 4 heteroatoms. The highest BCUT2D eigenvalue weighted by molar-refractivity contribution is 6.06. The first-order valence-electron chi connectivity index (χ1n) is 4.03. The van der Waals surface area contributed by atoms with Crippen molar-refractivity contribution in [1.29, 1.82) is 5.26 Å². The van der Waals surface area contributed by atoms with Crippen molar-refractivity contribution in [3.63, 3.8) is 0 Å². The van der Waals surface area contributed by atoms with Crippen molar-refractivity contribution in [2.24, 2.45) is 0 Å². The summed E-state index contributed by atoms with van der Waals surface area (Å²) in [5.74, 6) is -0.561. The van der Waals surface area contributed by atoms with E-state index in [0.717, 1.165) is 0 Å². The molecule has 0 bridgehead atoms. The number of hydrogen-bond donors (Lipinski definition) is 0. The Bertz CT molecular complexity index is 418. The van der Waals surface area contributed by atoms with Crippen LogP contribution in [0.4, 0.5) is 0 Å². The summed E-state index contributed by atoms with van der Waals surface area (Å²) in [7, 11) is 0. The highest BCUT2D eigenvalue weighted by Crippen LogP contribution is 2.02. The summed E-state index contributed by atoms with van der Waals surface area (Å²) in [5.41, 5.74) is 0.346. The molecule has 0 amide bonds. The normalized spacial score (nSPS) is 9.14. The van der Waals surface area contributed by atoms with E-state index in [9.17, 15) is 9.59 Å². The van der Waals surface area contributed by atoms with Gasteiger partial charge in [0.05, 0.1) is 6.42 Å². The molecule has 0 aromatic carbocycles. The molecule has 1 rings (SSSR count). The summed E-state index contributed by atoms with van der Waals surface area (Å²) in [6, 6.07) is 6.39. The van der Waals surface area contributed by atoms with Gasteiger partial charge in [0.2, 0.25) is 0 Å². The third-order valence-electron chi connectivity index (χ3n) is 1.56.